The Labute approximate surface area is 116 Å². The van der Waals surface area contributed by atoms with E-state index >= 15 is 0 Å². The molecular weight excluding hydrogens is 262 g/mol. The maximum Gasteiger partial charge on any atom is 0.215 e. The van der Waals surface area contributed by atoms with Crippen molar-refractivity contribution in [2.75, 3.05) is 6.54 Å². The van der Waals surface area contributed by atoms with Crippen LogP contribution in [0.15, 0.2) is 10.2 Å². The fraction of sp³-hybridized carbons (Fsp3) is 0.636. The number of rotatable bonds is 6. The minimum absolute atomic E-state index is 0.764. The first kappa shape index (κ1) is 14.0. The lowest BCUT2D eigenvalue weighted by Gasteiger charge is -2.06. The van der Waals surface area contributed by atoms with Crippen LogP contribution >= 0.6 is 11.8 Å². The molecule has 0 aliphatic carbocycles. The number of nitrogens with one attached hydrogen (secondary N) is 1. The molecule has 1 N–H and O–H groups in total. The number of tetrazole rings is 1. The van der Waals surface area contributed by atoms with Crippen molar-refractivity contribution >= 4 is 11.8 Å². The summed E-state index contributed by atoms with van der Waals surface area (Å²) in [6, 6.07) is 0. The molecule has 2 aromatic heterocycles. The third-order valence-electron chi connectivity index (χ3n) is 2.79. The van der Waals surface area contributed by atoms with Gasteiger partial charge in [-0.2, -0.15) is 5.10 Å². The molecule has 0 saturated carbocycles. The van der Waals surface area contributed by atoms with Crippen LogP contribution in [0.25, 0.3) is 0 Å². The van der Waals surface area contributed by atoms with Gasteiger partial charge in [-0.3, -0.25) is 4.68 Å². The molecule has 8 heteroatoms. The molecule has 0 fully saturated rings. The molecule has 0 aromatic carbocycles. The molecule has 0 unspecified atom stereocenters. The summed E-state index contributed by atoms with van der Waals surface area (Å²) < 4.78 is 3.55. The Kier molecular flexibility index (Phi) is 4.54. The molecule has 0 aliphatic heterocycles. The maximum absolute atomic E-state index is 4.48. The summed E-state index contributed by atoms with van der Waals surface area (Å²) in [5.41, 5.74) is 2.26. The minimum Gasteiger partial charge on any atom is -0.313 e. The molecule has 2 rings (SSSR count). The lowest BCUT2D eigenvalue weighted by molar-refractivity contribution is 0.645. The summed E-state index contributed by atoms with van der Waals surface area (Å²) >= 11 is 1.54. The van der Waals surface area contributed by atoms with Crippen LogP contribution in [-0.4, -0.2) is 36.5 Å². The van der Waals surface area contributed by atoms with Gasteiger partial charge in [-0.1, -0.05) is 6.92 Å². The molecule has 0 bridgehead atoms. The fourth-order valence-corrected chi connectivity index (χ4v) is 2.73. The van der Waals surface area contributed by atoms with Crippen molar-refractivity contribution in [3.63, 3.8) is 0 Å². The van der Waals surface area contributed by atoms with Crippen molar-refractivity contribution in [3.05, 3.63) is 11.3 Å². The van der Waals surface area contributed by atoms with Gasteiger partial charge in [0.25, 0.3) is 0 Å². The first-order chi connectivity index (χ1) is 9.13. The number of aryl methyl sites for hydroxylation is 3. The largest absolute Gasteiger partial charge is 0.313 e. The van der Waals surface area contributed by atoms with Crippen molar-refractivity contribution < 1.29 is 0 Å². The standard InChI is InChI=1S/C11H19N7S/c1-5-6-12-7-9-8(2)14-17(3)10(9)19-11-13-15-16-18(11)4/h12H,5-7H2,1-4H3. The van der Waals surface area contributed by atoms with Crippen LogP contribution in [0.4, 0.5) is 0 Å². The molecule has 0 saturated heterocycles. The molecule has 0 aliphatic rings. The van der Waals surface area contributed by atoms with E-state index in [1.165, 1.54) is 5.56 Å². The van der Waals surface area contributed by atoms with Gasteiger partial charge in [-0.05, 0) is 42.1 Å². The Bertz CT molecular complexity index is 545. The van der Waals surface area contributed by atoms with Crippen molar-refractivity contribution in [1.82, 2.24) is 35.3 Å². The Morgan fingerprint density at radius 2 is 2.05 bits per heavy atom. The van der Waals surface area contributed by atoms with Crippen LogP contribution in [0.1, 0.15) is 24.6 Å². The van der Waals surface area contributed by atoms with E-state index in [2.05, 4.69) is 32.9 Å². The summed E-state index contributed by atoms with van der Waals surface area (Å²) in [5, 5.41) is 21.2. The molecule has 0 radical (unpaired) electrons. The van der Waals surface area contributed by atoms with E-state index < -0.39 is 0 Å². The molecule has 7 nitrogen and oxygen atoms in total. The van der Waals surface area contributed by atoms with Gasteiger partial charge in [-0.25, -0.2) is 4.68 Å². The van der Waals surface area contributed by atoms with Gasteiger partial charge in [0, 0.05) is 26.2 Å². The third-order valence-corrected chi connectivity index (χ3v) is 4.02. The Morgan fingerprint density at radius 3 is 2.68 bits per heavy atom. The highest BCUT2D eigenvalue weighted by atomic mass is 32.2. The van der Waals surface area contributed by atoms with Crippen LogP contribution in [-0.2, 0) is 20.6 Å². The summed E-state index contributed by atoms with van der Waals surface area (Å²) in [6.07, 6.45) is 1.12. The van der Waals surface area contributed by atoms with E-state index in [0.717, 1.165) is 35.4 Å². The highest BCUT2D eigenvalue weighted by Gasteiger charge is 2.16. The number of aromatic nitrogens is 6. The zero-order chi connectivity index (χ0) is 13.8. The second-order valence-electron chi connectivity index (χ2n) is 4.36. The topological polar surface area (TPSA) is 73.5 Å². The lowest BCUT2D eigenvalue weighted by atomic mass is 10.2. The van der Waals surface area contributed by atoms with Crippen molar-refractivity contribution in [2.45, 2.75) is 37.0 Å². The van der Waals surface area contributed by atoms with Gasteiger partial charge < -0.3 is 5.32 Å². The van der Waals surface area contributed by atoms with Gasteiger partial charge >= 0.3 is 0 Å². The predicted molar refractivity (Wildman–Crippen MR) is 72.9 cm³/mol. The first-order valence-electron chi connectivity index (χ1n) is 6.26. The van der Waals surface area contributed by atoms with Crippen molar-refractivity contribution in [3.8, 4) is 0 Å². The van der Waals surface area contributed by atoms with Crippen LogP contribution in [0.2, 0.25) is 0 Å². The van der Waals surface area contributed by atoms with E-state index in [4.69, 9.17) is 0 Å². The fourth-order valence-electron chi connectivity index (χ4n) is 1.80. The van der Waals surface area contributed by atoms with Crippen LogP contribution < -0.4 is 5.32 Å². The van der Waals surface area contributed by atoms with Gasteiger partial charge in [0.15, 0.2) is 0 Å². The van der Waals surface area contributed by atoms with Gasteiger partial charge in [0.05, 0.1) is 5.69 Å². The van der Waals surface area contributed by atoms with E-state index in [0.29, 0.717) is 0 Å². The minimum atomic E-state index is 0.764. The second kappa shape index (κ2) is 6.16. The SMILES string of the molecule is CCCNCc1c(C)nn(C)c1Sc1nnnn1C. The van der Waals surface area contributed by atoms with E-state index in [1.54, 1.807) is 16.4 Å². The number of nitrogens with zero attached hydrogens (tertiary/aromatic N) is 6. The molecule has 0 spiro atoms. The van der Waals surface area contributed by atoms with E-state index in [-0.39, 0.29) is 0 Å². The summed E-state index contributed by atoms with van der Waals surface area (Å²) in [7, 11) is 3.78. The molecule has 104 valence electrons. The lowest BCUT2D eigenvalue weighted by Crippen LogP contribution is -2.14. The number of hydrogen-bond acceptors (Lipinski definition) is 6. The smallest absolute Gasteiger partial charge is 0.215 e. The first-order valence-corrected chi connectivity index (χ1v) is 7.08. The Balaban J connectivity index is 2.21. The molecule has 2 heterocycles. The van der Waals surface area contributed by atoms with Crippen LogP contribution in [0.3, 0.4) is 0 Å². The highest BCUT2D eigenvalue weighted by Crippen LogP contribution is 2.29. The number of hydrogen-bond donors (Lipinski definition) is 1. The molecule has 2 aromatic rings. The summed E-state index contributed by atoms with van der Waals surface area (Å²) in [6.45, 7) is 6.01. The van der Waals surface area contributed by atoms with Gasteiger partial charge in [0.2, 0.25) is 5.16 Å². The second-order valence-corrected chi connectivity index (χ2v) is 5.31. The molecule has 19 heavy (non-hydrogen) atoms. The van der Waals surface area contributed by atoms with Gasteiger partial charge in [-0.15, -0.1) is 5.10 Å². The van der Waals surface area contributed by atoms with Crippen molar-refractivity contribution in [2.24, 2.45) is 14.1 Å². The van der Waals surface area contributed by atoms with Crippen molar-refractivity contribution in [1.29, 1.82) is 0 Å². The van der Waals surface area contributed by atoms with Crippen LogP contribution in [0.5, 0.6) is 0 Å². The highest BCUT2D eigenvalue weighted by molar-refractivity contribution is 7.99. The zero-order valence-electron chi connectivity index (χ0n) is 11.7. The van der Waals surface area contributed by atoms with Crippen LogP contribution in [0, 0.1) is 6.92 Å². The normalized spacial score (nSPS) is 11.2. The average Bonchev–Trinajstić information content (AvgIpc) is 2.88. The zero-order valence-corrected chi connectivity index (χ0v) is 12.5. The maximum atomic E-state index is 4.48. The van der Waals surface area contributed by atoms with E-state index in [9.17, 15) is 0 Å². The quantitative estimate of drug-likeness (QED) is 0.793. The molecule has 0 amide bonds. The predicted octanol–water partition coefficient (Wildman–Crippen LogP) is 0.903. The Hall–Kier alpha value is -1.41. The summed E-state index contributed by atoms with van der Waals surface area (Å²) in [4.78, 5) is 0. The Morgan fingerprint density at radius 1 is 1.26 bits per heavy atom. The van der Waals surface area contributed by atoms with E-state index in [1.807, 2.05) is 25.7 Å². The monoisotopic (exact) mass is 281 g/mol. The van der Waals surface area contributed by atoms with Gasteiger partial charge in [0.1, 0.15) is 5.03 Å². The summed E-state index contributed by atoms with van der Waals surface area (Å²) in [5.74, 6) is 0. The molecular formula is C11H19N7S. The average molecular weight is 281 g/mol. The molecule has 0 atom stereocenters. The third kappa shape index (κ3) is 3.13.